The number of anilines is 1. The number of aromatic nitrogens is 2. The fourth-order valence-corrected chi connectivity index (χ4v) is 5.07. The molecule has 172 valence electrons. The number of primary sulfonamides is 1. The Balaban J connectivity index is 1.43. The Morgan fingerprint density at radius 3 is 2.52 bits per heavy atom. The maximum atomic E-state index is 14.6. The number of sulfonamides is 1. The molecule has 3 aromatic rings. The van der Waals surface area contributed by atoms with Crippen molar-refractivity contribution in [1.82, 2.24) is 10.1 Å². The van der Waals surface area contributed by atoms with Gasteiger partial charge in [0.1, 0.15) is 12.4 Å². The average Bonchev–Trinajstić information content (AvgIpc) is 3.13. The van der Waals surface area contributed by atoms with Crippen LogP contribution in [0.15, 0.2) is 51.9 Å². The zero-order chi connectivity index (χ0) is 23.5. The van der Waals surface area contributed by atoms with E-state index in [-0.39, 0.29) is 40.2 Å². The first kappa shape index (κ1) is 21.5. The number of hydrogen-bond acceptors (Lipinski definition) is 7. The van der Waals surface area contributed by atoms with E-state index in [2.05, 4.69) is 10.1 Å². The highest BCUT2D eigenvalue weighted by atomic mass is 32.2. The monoisotopic (exact) mass is 472 g/mol. The number of halogens is 1. The molecule has 2 atom stereocenters. The highest BCUT2D eigenvalue weighted by Gasteiger charge is 2.61. The Hall–Kier alpha value is -3.31. The average molecular weight is 472 g/mol. The van der Waals surface area contributed by atoms with E-state index in [1.54, 1.807) is 12.1 Å². The Labute approximate surface area is 189 Å². The smallest absolute Gasteiger partial charge is 0.414 e. The molecule has 0 unspecified atom stereocenters. The molecule has 1 aliphatic heterocycles. The van der Waals surface area contributed by atoms with Gasteiger partial charge in [-0.05, 0) is 41.3 Å². The third-order valence-electron chi connectivity index (χ3n) is 6.37. The molecule has 1 aliphatic carbocycles. The molecule has 2 fully saturated rings. The lowest BCUT2D eigenvalue weighted by Gasteiger charge is -2.13. The SMILES string of the molecule is CC1(C)[C@@H](c2ccc(S(N)(=O)=O)cc2)[C@@H]1c1noc(-c2cc(N3CCOC3=O)ccc2F)n1. The van der Waals surface area contributed by atoms with Gasteiger partial charge >= 0.3 is 6.09 Å². The van der Waals surface area contributed by atoms with Crippen LogP contribution in [0, 0.1) is 11.2 Å². The van der Waals surface area contributed by atoms with Crippen molar-refractivity contribution < 1.29 is 26.9 Å². The number of rotatable bonds is 5. The van der Waals surface area contributed by atoms with Gasteiger partial charge in [-0.2, -0.15) is 4.98 Å². The van der Waals surface area contributed by atoms with E-state index in [9.17, 15) is 17.6 Å². The Morgan fingerprint density at radius 2 is 1.88 bits per heavy atom. The van der Waals surface area contributed by atoms with Crippen molar-refractivity contribution in [2.45, 2.75) is 30.6 Å². The minimum absolute atomic E-state index is 0.0166. The number of amides is 1. The van der Waals surface area contributed by atoms with Crippen LogP contribution in [0.25, 0.3) is 11.5 Å². The number of cyclic esters (lactones) is 1. The molecule has 1 saturated carbocycles. The van der Waals surface area contributed by atoms with Gasteiger partial charge in [0, 0.05) is 17.5 Å². The molecule has 2 aromatic carbocycles. The molecule has 1 amide bonds. The van der Waals surface area contributed by atoms with Crippen LogP contribution < -0.4 is 10.0 Å². The summed E-state index contributed by atoms with van der Waals surface area (Å²) in [5.74, 6) is -0.182. The molecule has 1 saturated heterocycles. The largest absolute Gasteiger partial charge is 0.447 e. The zero-order valence-electron chi connectivity index (χ0n) is 17.9. The highest BCUT2D eigenvalue weighted by molar-refractivity contribution is 7.89. The molecule has 0 radical (unpaired) electrons. The number of benzene rings is 2. The zero-order valence-corrected chi connectivity index (χ0v) is 18.7. The van der Waals surface area contributed by atoms with E-state index in [1.165, 1.54) is 35.2 Å². The molecule has 9 nitrogen and oxygen atoms in total. The third kappa shape index (κ3) is 3.66. The molecule has 2 N–H and O–H groups in total. The quantitative estimate of drug-likeness (QED) is 0.603. The lowest BCUT2D eigenvalue weighted by Crippen LogP contribution is -2.23. The topological polar surface area (TPSA) is 129 Å². The number of hydrogen-bond donors (Lipinski definition) is 1. The molecule has 2 aliphatic rings. The molecule has 2 heterocycles. The second kappa shape index (κ2) is 7.35. The maximum absolute atomic E-state index is 14.6. The van der Waals surface area contributed by atoms with Gasteiger partial charge in [0.15, 0.2) is 5.82 Å². The highest BCUT2D eigenvalue weighted by Crippen LogP contribution is 2.69. The molecule has 11 heteroatoms. The number of carbonyl (C=O) groups is 1. The lowest BCUT2D eigenvalue weighted by molar-refractivity contribution is 0.181. The van der Waals surface area contributed by atoms with Crippen LogP contribution in [0.3, 0.4) is 0 Å². The van der Waals surface area contributed by atoms with Crippen molar-refractivity contribution in [2.24, 2.45) is 10.6 Å². The Kier molecular flexibility index (Phi) is 4.80. The van der Waals surface area contributed by atoms with Crippen LogP contribution in [-0.2, 0) is 14.8 Å². The van der Waals surface area contributed by atoms with Gasteiger partial charge in [-0.25, -0.2) is 22.7 Å². The predicted molar refractivity (Wildman–Crippen MR) is 115 cm³/mol. The first-order valence-electron chi connectivity index (χ1n) is 10.3. The van der Waals surface area contributed by atoms with Crippen molar-refractivity contribution in [2.75, 3.05) is 18.1 Å². The summed E-state index contributed by atoms with van der Waals surface area (Å²) in [7, 11) is -3.77. The van der Waals surface area contributed by atoms with Crippen LogP contribution in [0.4, 0.5) is 14.9 Å². The second-order valence-electron chi connectivity index (χ2n) is 8.78. The number of carbonyl (C=O) groups excluding carboxylic acids is 1. The molecule has 0 spiro atoms. The maximum Gasteiger partial charge on any atom is 0.414 e. The van der Waals surface area contributed by atoms with Gasteiger partial charge in [-0.1, -0.05) is 31.1 Å². The summed E-state index contributed by atoms with van der Waals surface area (Å²) in [5, 5.41) is 9.27. The van der Waals surface area contributed by atoms with Gasteiger partial charge in [0.2, 0.25) is 10.0 Å². The molecular formula is C22H21FN4O5S. The minimum Gasteiger partial charge on any atom is -0.447 e. The summed E-state index contributed by atoms with van der Waals surface area (Å²) >= 11 is 0. The Morgan fingerprint density at radius 1 is 1.15 bits per heavy atom. The molecule has 33 heavy (non-hydrogen) atoms. The predicted octanol–water partition coefficient (Wildman–Crippen LogP) is 3.39. The van der Waals surface area contributed by atoms with Crippen LogP contribution in [-0.4, -0.2) is 37.8 Å². The molecule has 0 bridgehead atoms. The van der Waals surface area contributed by atoms with Gasteiger partial charge in [0.25, 0.3) is 5.89 Å². The van der Waals surface area contributed by atoms with Crippen molar-refractivity contribution in [1.29, 1.82) is 0 Å². The van der Waals surface area contributed by atoms with Crippen molar-refractivity contribution >= 4 is 21.8 Å². The minimum atomic E-state index is -3.77. The summed E-state index contributed by atoms with van der Waals surface area (Å²) in [6.45, 7) is 4.74. The first-order chi connectivity index (χ1) is 15.6. The first-order valence-corrected chi connectivity index (χ1v) is 11.8. The van der Waals surface area contributed by atoms with E-state index >= 15 is 0 Å². The van der Waals surface area contributed by atoms with E-state index in [1.807, 2.05) is 13.8 Å². The van der Waals surface area contributed by atoms with Crippen molar-refractivity contribution in [3.05, 3.63) is 59.7 Å². The van der Waals surface area contributed by atoms with E-state index in [0.717, 1.165) is 5.56 Å². The Bertz CT molecular complexity index is 1350. The van der Waals surface area contributed by atoms with Gasteiger partial charge < -0.3 is 9.26 Å². The van der Waals surface area contributed by atoms with E-state index < -0.39 is 21.9 Å². The normalized spacial score (nSPS) is 21.8. The van der Waals surface area contributed by atoms with Crippen LogP contribution in [0.1, 0.15) is 37.1 Å². The lowest BCUT2D eigenvalue weighted by atomic mass is 10.0. The molecule has 5 rings (SSSR count). The second-order valence-corrected chi connectivity index (χ2v) is 10.3. The summed E-state index contributed by atoms with van der Waals surface area (Å²) in [5.41, 5.74) is 1.28. The van der Waals surface area contributed by atoms with E-state index in [4.69, 9.17) is 14.4 Å². The fraction of sp³-hybridized carbons (Fsp3) is 0.318. The van der Waals surface area contributed by atoms with Gasteiger partial charge in [-0.15, -0.1) is 0 Å². The van der Waals surface area contributed by atoms with Crippen molar-refractivity contribution in [3.63, 3.8) is 0 Å². The van der Waals surface area contributed by atoms with E-state index in [0.29, 0.717) is 18.1 Å². The molecular weight excluding hydrogens is 451 g/mol. The summed E-state index contributed by atoms with van der Waals surface area (Å²) in [6, 6.07) is 10.6. The van der Waals surface area contributed by atoms with Crippen LogP contribution in [0.2, 0.25) is 0 Å². The number of nitrogens with two attached hydrogens (primary N) is 1. The third-order valence-corrected chi connectivity index (χ3v) is 7.30. The molecule has 1 aromatic heterocycles. The van der Waals surface area contributed by atoms with Crippen LogP contribution >= 0.6 is 0 Å². The number of ether oxygens (including phenoxy) is 1. The number of nitrogens with zero attached hydrogens (tertiary/aromatic N) is 3. The fourth-order valence-electron chi connectivity index (χ4n) is 4.55. The summed E-state index contributed by atoms with van der Waals surface area (Å²) in [6.07, 6.45) is -0.491. The van der Waals surface area contributed by atoms with Gasteiger partial charge in [0.05, 0.1) is 17.0 Å². The van der Waals surface area contributed by atoms with Crippen molar-refractivity contribution in [3.8, 4) is 11.5 Å². The van der Waals surface area contributed by atoms with Gasteiger partial charge in [-0.3, -0.25) is 4.90 Å². The standard InChI is InChI=1S/C22H21FN4O5S/c1-22(2)17(12-3-6-14(7-4-12)33(24,29)30)18(22)19-25-20(32-26-19)15-11-13(5-8-16(15)23)27-9-10-31-21(27)28/h3-8,11,17-18H,9-10H2,1-2H3,(H2,24,29,30)/t17-,18+/m0/s1. The summed E-state index contributed by atoms with van der Waals surface area (Å²) < 4.78 is 47.9. The van der Waals surface area contributed by atoms with Crippen LogP contribution in [0.5, 0.6) is 0 Å². The summed E-state index contributed by atoms with van der Waals surface area (Å²) in [4.78, 5) is 17.7.